The third-order valence-electron chi connectivity index (χ3n) is 2.79. The maximum atomic E-state index is 5.49. The molecule has 0 amide bonds. The zero-order chi connectivity index (χ0) is 15.2. The number of hydrogen-bond donors (Lipinski definition) is 1. The fraction of sp³-hybridized carbons (Fsp3) is 0.733. The van der Waals surface area contributed by atoms with Gasteiger partial charge in [-0.05, 0) is 33.8 Å². The molecule has 0 unspecified atom stereocenters. The number of rotatable bonds is 14. The second-order valence-electron chi connectivity index (χ2n) is 4.56. The predicted octanol–water partition coefficient (Wildman–Crippen LogP) is 3.45. The highest BCUT2D eigenvalue weighted by Gasteiger charge is 1.99. The summed E-state index contributed by atoms with van der Waals surface area (Å²) in [5.41, 5.74) is 0. The molecule has 0 aromatic carbocycles. The van der Waals surface area contributed by atoms with Gasteiger partial charge in [-0.1, -0.05) is 13.3 Å². The first kappa shape index (κ1) is 19.1. The van der Waals surface area contributed by atoms with Gasteiger partial charge in [0, 0.05) is 29.0 Å². The van der Waals surface area contributed by atoms with Crippen LogP contribution in [-0.2, 0) is 20.8 Å². The van der Waals surface area contributed by atoms with E-state index in [2.05, 4.69) is 39.6 Å². The monoisotopic (exact) mass is 379 g/mol. The van der Waals surface area contributed by atoms with Crippen LogP contribution in [0.15, 0.2) is 15.9 Å². The maximum Gasteiger partial charge on any atom is 0.0701 e. The summed E-state index contributed by atoms with van der Waals surface area (Å²) in [6, 6.07) is 2.07. The fourth-order valence-electron chi connectivity index (χ4n) is 1.59. The Bertz CT molecular complexity index is 349. The van der Waals surface area contributed by atoms with Crippen molar-refractivity contribution in [1.29, 1.82) is 0 Å². The average molecular weight is 380 g/mol. The van der Waals surface area contributed by atoms with Gasteiger partial charge in [0.1, 0.15) is 0 Å². The van der Waals surface area contributed by atoms with Gasteiger partial charge in [-0.3, -0.25) is 0 Å². The lowest BCUT2D eigenvalue weighted by atomic mass is 10.4. The van der Waals surface area contributed by atoms with E-state index in [4.69, 9.17) is 14.2 Å². The molecule has 0 radical (unpaired) electrons. The molecule has 0 saturated carbocycles. The van der Waals surface area contributed by atoms with Gasteiger partial charge >= 0.3 is 0 Å². The minimum Gasteiger partial charge on any atom is -0.379 e. The molecule has 0 atom stereocenters. The van der Waals surface area contributed by atoms with Crippen molar-refractivity contribution in [2.45, 2.75) is 26.3 Å². The van der Waals surface area contributed by atoms with Crippen molar-refractivity contribution >= 4 is 27.3 Å². The largest absolute Gasteiger partial charge is 0.379 e. The topological polar surface area (TPSA) is 39.7 Å². The highest BCUT2D eigenvalue weighted by molar-refractivity contribution is 9.10. The molecular weight excluding hydrogens is 354 g/mol. The number of ether oxygens (including phenoxy) is 3. The fourth-order valence-corrected chi connectivity index (χ4v) is 3.05. The Morgan fingerprint density at radius 1 is 1.05 bits per heavy atom. The van der Waals surface area contributed by atoms with Crippen LogP contribution in [0.25, 0.3) is 0 Å². The van der Waals surface area contributed by atoms with E-state index in [0.717, 1.165) is 26.1 Å². The molecule has 0 aliphatic carbocycles. The Morgan fingerprint density at radius 2 is 1.71 bits per heavy atom. The zero-order valence-electron chi connectivity index (χ0n) is 12.7. The molecule has 0 bridgehead atoms. The number of hydrogen-bond acceptors (Lipinski definition) is 5. The zero-order valence-corrected chi connectivity index (χ0v) is 15.1. The van der Waals surface area contributed by atoms with E-state index in [0.29, 0.717) is 33.0 Å². The van der Waals surface area contributed by atoms with Crippen LogP contribution in [0.2, 0.25) is 0 Å². The highest BCUT2D eigenvalue weighted by atomic mass is 79.9. The van der Waals surface area contributed by atoms with Gasteiger partial charge in [0.25, 0.3) is 0 Å². The van der Waals surface area contributed by atoms with Crippen LogP contribution in [-0.4, -0.2) is 46.2 Å². The summed E-state index contributed by atoms with van der Waals surface area (Å²) in [5.74, 6) is 0. The van der Waals surface area contributed by atoms with Crippen LogP contribution in [0.4, 0.5) is 0 Å². The molecule has 1 aromatic heterocycles. The van der Waals surface area contributed by atoms with Crippen molar-refractivity contribution in [3.8, 4) is 0 Å². The molecular formula is C15H26BrNO3S. The number of thiophene rings is 1. The van der Waals surface area contributed by atoms with Gasteiger partial charge in [0.15, 0.2) is 0 Å². The molecule has 1 rings (SSSR count). The normalized spacial score (nSPS) is 11.1. The van der Waals surface area contributed by atoms with Gasteiger partial charge in [0.05, 0.1) is 33.0 Å². The Kier molecular flexibility index (Phi) is 12.4. The summed E-state index contributed by atoms with van der Waals surface area (Å²) < 4.78 is 17.5. The first-order valence-electron chi connectivity index (χ1n) is 7.50. The number of halogens is 1. The van der Waals surface area contributed by atoms with E-state index in [9.17, 15) is 0 Å². The van der Waals surface area contributed by atoms with Crippen LogP contribution in [0.1, 0.15) is 24.6 Å². The lowest BCUT2D eigenvalue weighted by molar-refractivity contribution is 0.0146. The van der Waals surface area contributed by atoms with Crippen molar-refractivity contribution in [1.82, 2.24) is 5.32 Å². The first-order chi connectivity index (χ1) is 10.3. The summed E-state index contributed by atoms with van der Waals surface area (Å²) in [6.07, 6.45) is 2.30. The summed E-state index contributed by atoms with van der Waals surface area (Å²) in [4.78, 5) is 1.32. The summed E-state index contributed by atoms with van der Waals surface area (Å²) >= 11 is 5.27. The molecule has 122 valence electrons. The first-order valence-corrected chi connectivity index (χ1v) is 9.17. The molecule has 0 spiro atoms. The third-order valence-corrected chi connectivity index (χ3v) is 4.71. The molecule has 4 nitrogen and oxygen atoms in total. The van der Waals surface area contributed by atoms with E-state index >= 15 is 0 Å². The minimum atomic E-state index is 0.633. The van der Waals surface area contributed by atoms with Crippen LogP contribution in [0, 0.1) is 0 Å². The maximum absolute atomic E-state index is 5.49. The van der Waals surface area contributed by atoms with Crippen LogP contribution in [0.5, 0.6) is 0 Å². The molecule has 0 aliphatic heterocycles. The van der Waals surface area contributed by atoms with E-state index in [1.165, 1.54) is 15.8 Å². The Balaban J connectivity index is 1.76. The van der Waals surface area contributed by atoms with E-state index in [-0.39, 0.29) is 0 Å². The number of nitrogens with one attached hydrogen (secondary N) is 1. The predicted molar refractivity (Wildman–Crippen MR) is 91.1 cm³/mol. The van der Waals surface area contributed by atoms with Crippen molar-refractivity contribution < 1.29 is 14.2 Å². The van der Waals surface area contributed by atoms with Crippen LogP contribution >= 0.6 is 27.3 Å². The lowest BCUT2D eigenvalue weighted by Gasteiger charge is -2.07. The molecule has 0 saturated heterocycles. The van der Waals surface area contributed by atoms with Gasteiger partial charge in [-0.2, -0.15) is 0 Å². The molecule has 0 aliphatic rings. The second-order valence-corrected chi connectivity index (χ2v) is 6.41. The van der Waals surface area contributed by atoms with Crippen molar-refractivity contribution in [3.63, 3.8) is 0 Å². The molecule has 21 heavy (non-hydrogen) atoms. The standard InChI is InChI=1S/C15H26BrNO3S/c1-2-3-6-18-8-10-20-11-9-19-7-5-17-13-15-14(16)4-12-21-15/h4,12,17H,2-3,5-11,13H2,1H3. The molecule has 1 aromatic rings. The van der Waals surface area contributed by atoms with Gasteiger partial charge in [-0.25, -0.2) is 0 Å². The number of unbranched alkanes of at least 4 members (excludes halogenated alkanes) is 1. The quantitative estimate of drug-likeness (QED) is 0.502. The molecule has 0 fully saturated rings. The smallest absolute Gasteiger partial charge is 0.0701 e. The van der Waals surface area contributed by atoms with Crippen LogP contribution < -0.4 is 5.32 Å². The van der Waals surface area contributed by atoms with Gasteiger partial charge < -0.3 is 19.5 Å². The summed E-state index contributed by atoms with van der Waals surface area (Å²) in [6.45, 7) is 8.03. The molecule has 1 N–H and O–H groups in total. The van der Waals surface area contributed by atoms with Crippen molar-refractivity contribution in [2.75, 3.05) is 46.2 Å². The van der Waals surface area contributed by atoms with E-state index in [1.54, 1.807) is 11.3 Å². The molecule has 6 heteroatoms. The minimum absolute atomic E-state index is 0.633. The Hall–Kier alpha value is 0.0200. The van der Waals surface area contributed by atoms with Crippen molar-refractivity contribution in [3.05, 3.63) is 20.8 Å². The Morgan fingerprint density at radius 3 is 2.33 bits per heavy atom. The average Bonchev–Trinajstić information content (AvgIpc) is 2.89. The lowest BCUT2D eigenvalue weighted by Crippen LogP contribution is -2.20. The third kappa shape index (κ3) is 10.4. The Labute approximate surface area is 140 Å². The summed E-state index contributed by atoms with van der Waals surface area (Å²) in [5, 5.41) is 5.44. The highest BCUT2D eigenvalue weighted by Crippen LogP contribution is 2.21. The SMILES string of the molecule is CCCCOCCOCCOCCNCc1sccc1Br. The van der Waals surface area contributed by atoms with Gasteiger partial charge in [-0.15, -0.1) is 11.3 Å². The molecule has 1 heterocycles. The van der Waals surface area contributed by atoms with Gasteiger partial charge in [0.2, 0.25) is 0 Å². The second kappa shape index (κ2) is 13.7. The van der Waals surface area contributed by atoms with E-state index < -0.39 is 0 Å². The van der Waals surface area contributed by atoms with Crippen LogP contribution in [0.3, 0.4) is 0 Å². The summed E-state index contributed by atoms with van der Waals surface area (Å²) in [7, 11) is 0. The van der Waals surface area contributed by atoms with Crippen molar-refractivity contribution in [2.24, 2.45) is 0 Å². The van der Waals surface area contributed by atoms with E-state index in [1.807, 2.05) is 0 Å².